The van der Waals surface area contributed by atoms with Gasteiger partial charge in [-0.1, -0.05) is 0 Å². The lowest BCUT2D eigenvalue weighted by Gasteiger charge is -2.10. The fourth-order valence-corrected chi connectivity index (χ4v) is 3.32. The van der Waals surface area contributed by atoms with Crippen LogP contribution in [0.1, 0.15) is 27.3 Å². The number of amides is 2. The van der Waals surface area contributed by atoms with Gasteiger partial charge in [0.1, 0.15) is 5.82 Å². The molecule has 3 aromatic rings. The van der Waals surface area contributed by atoms with E-state index in [1.807, 2.05) is 6.92 Å². The van der Waals surface area contributed by atoms with Gasteiger partial charge in [0.25, 0.3) is 17.4 Å². The van der Waals surface area contributed by atoms with Crippen LogP contribution in [-0.4, -0.2) is 25.5 Å². The molecule has 0 unspecified atom stereocenters. The van der Waals surface area contributed by atoms with Crippen molar-refractivity contribution in [2.75, 3.05) is 0 Å². The topological polar surface area (TPSA) is 107 Å². The van der Waals surface area contributed by atoms with E-state index in [1.54, 1.807) is 29.7 Å². The summed E-state index contributed by atoms with van der Waals surface area (Å²) in [5.74, 6) is -1.56. The standard InChI is InChI=1S/C22H22FN5O4/c1-13-11-18(14(2)28(13)17-8-6-16(23)7-9-17)20(30)25-24-19(29)10-5-15-12-26(3)22(32)27(4)21(15)31/h5-12H,1-4H3,(H,24,29)(H,25,30)/b10-5+. The first-order chi connectivity index (χ1) is 15.1. The minimum Gasteiger partial charge on any atom is -0.318 e. The molecule has 0 bridgehead atoms. The predicted octanol–water partition coefficient (Wildman–Crippen LogP) is 1.11. The number of aryl methyl sites for hydroxylation is 2. The van der Waals surface area contributed by atoms with E-state index in [-0.39, 0.29) is 11.4 Å². The van der Waals surface area contributed by atoms with Crippen molar-refractivity contribution in [3.05, 3.63) is 91.8 Å². The van der Waals surface area contributed by atoms with Gasteiger partial charge in [-0.05, 0) is 50.3 Å². The Kier molecular flexibility index (Phi) is 6.24. The smallest absolute Gasteiger partial charge is 0.318 e. The molecule has 0 saturated heterocycles. The zero-order chi connectivity index (χ0) is 23.6. The maximum absolute atomic E-state index is 13.2. The number of carbonyl (C=O) groups is 2. The molecule has 1 aromatic carbocycles. The van der Waals surface area contributed by atoms with E-state index in [1.165, 1.54) is 43.1 Å². The zero-order valence-electron chi connectivity index (χ0n) is 18.0. The van der Waals surface area contributed by atoms with Crippen molar-refractivity contribution in [2.45, 2.75) is 13.8 Å². The lowest BCUT2D eigenvalue weighted by molar-refractivity contribution is -0.117. The highest BCUT2D eigenvalue weighted by atomic mass is 19.1. The third-order valence-corrected chi connectivity index (χ3v) is 4.95. The molecule has 0 aliphatic rings. The van der Waals surface area contributed by atoms with E-state index in [0.29, 0.717) is 16.9 Å². The van der Waals surface area contributed by atoms with E-state index in [4.69, 9.17) is 0 Å². The second kappa shape index (κ2) is 8.88. The fraction of sp³-hybridized carbons (Fsp3) is 0.182. The van der Waals surface area contributed by atoms with Gasteiger partial charge in [0.15, 0.2) is 0 Å². The number of benzene rings is 1. The van der Waals surface area contributed by atoms with Crippen LogP contribution in [0.3, 0.4) is 0 Å². The van der Waals surface area contributed by atoms with Gasteiger partial charge in [0, 0.05) is 43.4 Å². The van der Waals surface area contributed by atoms with Crippen molar-refractivity contribution in [1.29, 1.82) is 0 Å². The van der Waals surface area contributed by atoms with Gasteiger partial charge in [0.2, 0.25) is 0 Å². The first-order valence-electron chi connectivity index (χ1n) is 9.60. The Morgan fingerprint density at radius 1 is 1.03 bits per heavy atom. The molecular formula is C22H22FN5O4. The Morgan fingerprint density at radius 2 is 1.69 bits per heavy atom. The van der Waals surface area contributed by atoms with Crippen LogP contribution in [0.2, 0.25) is 0 Å². The highest BCUT2D eigenvalue weighted by Gasteiger charge is 2.17. The number of carbonyl (C=O) groups excluding carboxylic acids is 2. The number of rotatable bonds is 4. The monoisotopic (exact) mass is 439 g/mol. The van der Waals surface area contributed by atoms with Gasteiger partial charge in [-0.2, -0.15) is 0 Å². The summed E-state index contributed by atoms with van der Waals surface area (Å²) in [7, 11) is 2.83. The largest absolute Gasteiger partial charge is 0.330 e. The van der Waals surface area contributed by atoms with E-state index in [9.17, 15) is 23.6 Å². The number of aromatic nitrogens is 3. The molecule has 0 saturated carbocycles. The van der Waals surface area contributed by atoms with Crippen molar-refractivity contribution in [2.24, 2.45) is 14.1 Å². The van der Waals surface area contributed by atoms with Crippen LogP contribution in [0, 0.1) is 19.7 Å². The molecule has 2 heterocycles. The molecule has 2 N–H and O–H groups in total. The average Bonchev–Trinajstić information content (AvgIpc) is 3.06. The molecule has 10 heteroatoms. The molecule has 0 spiro atoms. The minimum absolute atomic E-state index is 0.138. The molecule has 0 radical (unpaired) electrons. The van der Waals surface area contributed by atoms with Crippen LogP contribution in [0.25, 0.3) is 11.8 Å². The van der Waals surface area contributed by atoms with Gasteiger partial charge >= 0.3 is 5.69 Å². The lowest BCUT2D eigenvalue weighted by atomic mass is 10.2. The lowest BCUT2D eigenvalue weighted by Crippen LogP contribution is -2.41. The molecule has 166 valence electrons. The predicted molar refractivity (Wildman–Crippen MR) is 117 cm³/mol. The van der Waals surface area contributed by atoms with Gasteiger partial charge in [-0.15, -0.1) is 0 Å². The van der Waals surface area contributed by atoms with Crippen LogP contribution in [0.15, 0.2) is 52.2 Å². The first-order valence-corrected chi connectivity index (χ1v) is 9.60. The molecule has 0 fully saturated rings. The number of nitrogens with one attached hydrogen (secondary N) is 2. The first kappa shape index (κ1) is 22.5. The fourth-order valence-electron chi connectivity index (χ4n) is 3.32. The van der Waals surface area contributed by atoms with E-state index in [0.717, 1.165) is 16.3 Å². The summed E-state index contributed by atoms with van der Waals surface area (Å²) in [4.78, 5) is 48.4. The summed E-state index contributed by atoms with van der Waals surface area (Å²) in [5.41, 5.74) is 6.09. The maximum atomic E-state index is 13.2. The third-order valence-electron chi connectivity index (χ3n) is 4.95. The van der Waals surface area contributed by atoms with Crippen molar-refractivity contribution in [1.82, 2.24) is 24.6 Å². The van der Waals surface area contributed by atoms with Crippen molar-refractivity contribution in [3.8, 4) is 5.69 Å². The molecule has 0 atom stereocenters. The van der Waals surface area contributed by atoms with Crippen molar-refractivity contribution >= 4 is 17.9 Å². The van der Waals surface area contributed by atoms with Gasteiger partial charge < -0.3 is 9.13 Å². The minimum atomic E-state index is -0.665. The summed E-state index contributed by atoms with van der Waals surface area (Å²) >= 11 is 0. The summed E-state index contributed by atoms with van der Waals surface area (Å²) < 4.78 is 17.2. The summed E-state index contributed by atoms with van der Waals surface area (Å²) in [6.45, 7) is 3.55. The quantitative estimate of drug-likeness (QED) is 0.469. The van der Waals surface area contributed by atoms with Crippen LogP contribution in [0.5, 0.6) is 0 Å². The normalized spacial score (nSPS) is 11.0. The highest BCUT2D eigenvalue weighted by Crippen LogP contribution is 2.21. The molecule has 2 amide bonds. The Balaban J connectivity index is 1.71. The zero-order valence-corrected chi connectivity index (χ0v) is 18.0. The van der Waals surface area contributed by atoms with Crippen molar-refractivity contribution in [3.63, 3.8) is 0 Å². The molecule has 3 rings (SSSR count). The molecular weight excluding hydrogens is 417 g/mol. The number of hydrogen-bond acceptors (Lipinski definition) is 4. The molecule has 9 nitrogen and oxygen atoms in total. The Labute approximate surface area is 182 Å². The summed E-state index contributed by atoms with van der Waals surface area (Å²) in [6, 6.07) is 7.53. The van der Waals surface area contributed by atoms with Gasteiger partial charge in [-0.25, -0.2) is 9.18 Å². The summed E-state index contributed by atoms with van der Waals surface area (Å²) in [6.07, 6.45) is 3.64. The van der Waals surface area contributed by atoms with Crippen LogP contribution >= 0.6 is 0 Å². The van der Waals surface area contributed by atoms with Gasteiger partial charge in [-0.3, -0.25) is 29.8 Å². The highest BCUT2D eigenvalue weighted by molar-refractivity contribution is 5.99. The van der Waals surface area contributed by atoms with Crippen LogP contribution < -0.4 is 22.1 Å². The molecule has 2 aromatic heterocycles. The Hall–Kier alpha value is -4.21. The molecule has 0 aliphatic carbocycles. The maximum Gasteiger partial charge on any atom is 0.330 e. The van der Waals surface area contributed by atoms with Crippen LogP contribution in [-0.2, 0) is 18.9 Å². The van der Waals surface area contributed by atoms with E-state index < -0.39 is 23.1 Å². The summed E-state index contributed by atoms with van der Waals surface area (Å²) in [5, 5.41) is 0. The SMILES string of the molecule is Cc1cc(C(=O)NNC(=O)/C=C/c2cn(C)c(=O)n(C)c2=O)c(C)n1-c1ccc(F)cc1. The number of hydrazine groups is 1. The van der Waals surface area contributed by atoms with Gasteiger partial charge in [0.05, 0.1) is 11.1 Å². The number of nitrogens with zero attached hydrogens (tertiary/aromatic N) is 3. The van der Waals surface area contributed by atoms with E-state index in [2.05, 4.69) is 10.9 Å². The van der Waals surface area contributed by atoms with E-state index >= 15 is 0 Å². The second-order valence-electron chi connectivity index (χ2n) is 7.22. The number of halogens is 1. The molecule has 32 heavy (non-hydrogen) atoms. The third kappa shape index (κ3) is 4.43. The second-order valence-corrected chi connectivity index (χ2v) is 7.22. The van der Waals surface area contributed by atoms with Crippen LogP contribution in [0.4, 0.5) is 4.39 Å². The van der Waals surface area contributed by atoms with Crippen molar-refractivity contribution < 1.29 is 14.0 Å². The average molecular weight is 439 g/mol. The molecule has 0 aliphatic heterocycles. The Morgan fingerprint density at radius 3 is 2.34 bits per heavy atom. The number of hydrogen-bond donors (Lipinski definition) is 2. The Bertz CT molecular complexity index is 1350.